The SMILES string of the molecule is CCn1nnnc1-c1cccc(NCc2csc(NC(C)=O)n2)c1. The molecule has 1 amide bonds. The highest BCUT2D eigenvalue weighted by atomic mass is 32.1. The van der Waals surface area contributed by atoms with Gasteiger partial charge in [0, 0.05) is 30.1 Å². The van der Waals surface area contributed by atoms with E-state index in [2.05, 4.69) is 31.1 Å². The Morgan fingerprint density at radius 1 is 1.38 bits per heavy atom. The van der Waals surface area contributed by atoms with E-state index in [0.717, 1.165) is 22.8 Å². The molecule has 0 spiro atoms. The first-order chi connectivity index (χ1) is 11.7. The number of carbonyl (C=O) groups is 1. The molecular weight excluding hydrogens is 326 g/mol. The van der Waals surface area contributed by atoms with Crippen molar-refractivity contribution in [1.82, 2.24) is 25.2 Å². The van der Waals surface area contributed by atoms with E-state index < -0.39 is 0 Å². The molecule has 0 bridgehead atoms. The average molecular weight is 343 g/mol. The number of nitrogens with zero attached hydrogens (tertiary/aromatic N) is 5. The van der Waals surface area contributed by atoms with Crippen LogP contribution in [0.25, 0.3) is 11.4 Å². The summed E-state index contributed by atoms with van der Waals surface area (Å²) in [5.74, 6) is 0.618. The van der Waals surface area contributed by atoms with Crippen LogP contribution in [0.3, 0.4) is 0 Å². The molecule has 0 radical (unpaired) electrons. The zero-order valence-corrected chi connectivity index (χ0v) is 14.2. The van der Waals surface area contributed by atoms with Gasteiger partial charge in [0.25, 0.3) is 0 Å². The zero-order valence-electron chi connectivity index (χ0n) is 13.4. The monoisotopic (exact) mass is 343 g/mol. The quantitative estimate of drug-likeness (QED) is 0.713. The van der Waals surface area contributed by atoms with Gasteiger partial charge in [-0.05, 0) is 29.5 Å². The fourth-order valence-corrected chi connectivity index (χ4v) is 2.94. The maximum Gasteiger partial charge on any atom is 0.223 e. The summed E-state index contributed by atoms with van der Waals surface area (Å²) in [5.41, 5.74) is 2.77. The molecule has 8 nitrogen and oxygen atoms in total. The number of anilines is 2. The van der Waals surface area contributed by atoms with Gasteiger partial charge in [0.15, 0.2) is 11.0 Å². The second-order valence-corrected chi connectivity index (χ2v) is 5.94. The molecule has 9 heteroatoms. The number of aryl methyl sites for hydroxylation is 1. The minimum absolute atomic E-state index is 0.120. The topological polar surface area (TPSA) is 97.6 Å². The molecule has 1 aromatic carbocycles. The molecule has 2 heterocycles. The number of rotatable bonds is 6. The van der Waals surface area contributed by atoms with Crippen LogP contribution >= 0.6 is 11.3 Å². The number of hydrogen-bond acceptors (Lipinski definition) is 7. The third-order valence-electron chi connectivity index (χ3n) is 3.26. The minimum Gasteiger partial charge on any atom is -0.379 e. The number of amides is 1. The van der Waals surface area contributed by atoms with Crippen molar-refractivity contribution in [1.29, 1.82) is 0 Å². The summed E-state index contributed by atoms with van der Waals surface area (Å²) >= 11 is 1.41. The number of tetrazole rings is 1. The second-order valence-electron chi connectivity index (χ2n) is 5.08. The van der Waals surface area contributed by atoms with Gasteiger partial charge in [0.05, 0.1) is 12.2 Å². The van der Waals surface area contributed by atoms with Crippen LogP contribution in [0.5, 0.6) is 0 Å². The molecule has 0 aliphatic carbocycles. The van der Waals surface area contributed by atoms with Crippen LogP contribution in [0, 0.1) is 0 Å². The fraction of sp³-hybridized carbons (Fsp3) is 0.267. The van der Waals surface area contributed by atoms with Crippen molar-refractivity contribution in [3.05, 3.63) is 35.3 Å². The van der Waals surface area contributed by atoms with Crippen LogP contribution in [0.1, 0.15) is 19.5 Å². The Morgan fingerprint density at radius 2 is 2.25 bits per heavy atom. The van der Waals surface area contributed by atoms with Crippen molar-refractivity contribution in [2.75, 3.05) is 10.6 Å². The van der Waals surface area contributed by atoms with Crippen LogP contribution in [0.2, 0.25) is 0 Å². The normalized spacial score (nSPS) is 10.6. The highest BCUT2D eigenvalue weighted by Crippen LogP contribution is 2.21. The first-order valence-corrected chi connectivity index (χ1v) is 8.36. The van der Waals surface area contributed by atoms with E-state index in [9.17, 15) is 4.79 Å². The largest absolute Gasteiger partial charge is 0.379 e. The van der Waals surface area contributed by atoms with E-state index in [1.165, 1.54) is 18.3 Å². The smallest absolute Gasteiger partial charge is 0.223 e. The highest BCUT2D eigenvalue weighted by molar-refractivity contribution is 7.13. The summed E-state index contributed by atoms with van der Waals surface area (Å²) in [6, 6.07) is 7.90. The molecule has 24 heavy (non-hydrogen) atoms. The summed E-state index contributed by atoms with van der Waals surface area (Å²) < 4.78 is 1.75. The van der Waals surface area contributed by atoms with E-state index in [4.69, 9.17) is 0 Å². The Balaban J connectivity index is 1.69. The molecule has 124 valence electrons. The van der Waals surface area contributed by atoms with E-state index in [1.54, 1.807) is 4.68 Å². The Bertz CT molecular complexity index is 842. The van der Waals surface area contributed by atoms with Crippen molar-refractivity contribution in [3.63, 3.8) is 0 Å². The lowest BCUT2D eigenvalue weighted by atomic mass is 10.2. The number of aromatic nitrogens is 5. The first-order valence-electron chi connectivity index (χ1n) is 7.48. The number of hydrogen-bond donors (Lipinski definition) is 2. The maximum absolute atomic E-state index is 11.0. The summed E-state index contributed by atoms with van der Waals surface area (Å²) in [7, 11) is 0. The lowest BCUT2D eigenvalue weighted by Gasteiger charge is -2.07. The van der Waals surface area contributed by atoms with E-state index >= 15 is 0 Å². The van der Waals surface area contributed by atoms with Gasteiger partial charge in [-0.25, -0.2) is 9.67 Å². The number of nitrogens with one attached hydrogen (secondary N) is 2. The first kappa shape index (κ1) is 16.1. The van der Waals surface area contributed by atoms with Gasteiger partial charge in [-0.3, -0.25) is 4.79 Å². The average Bonchev–Trinajstić information content (AvgIpc) is 3.21. The van der Waals surface area contributed by atoms with Crippen molar-refractivity contribution in [2.45, 2.75) is 26.9 Å². The second kappa shape index (κ2) is 7.18. The van der Waals surface area contributed by atoms with Crippen LogP contribution in [-0.2, 0) is 17.9 Å². The lowest BCUT2D eigenvalue weighted by molar-refractivity contribution is -0.114. The number of thiazole rings is 1. The molecule has 0 atom stereocenters. The van der Waals surface area contributed by atoms with Crippen LogP contribution < -0.4 is 10.6 Å². The lowest BCUT2D eigenvalue weighted by Crippen LogP contribution is -2.06. The van der Waals surface area contributed by atoms with Crippen molar-refractivity contribution < 1.29 is 4.79 Å². The third-order valence-corrected chi connectivity index (χ3v) is 4.07. The molecule has 0 saturated carbocycles. The Hall–Kier alpha value is -2.81. The molecule has 3 aromatic rings. The van der Waals surface area contributed by atoms with Gasteiger partial charge in [0.1, 0.15) is 0 Å². The predicted molar refractivity (Wildman–Crippen MR) is 92.7 cm³/mol. The summed E-state index contributed by atoms with van der Waals surface area (Å²) in [4.78, 5) is 15.4. The van der Waals surface area contributed by atoms with E-state index in [-0.39, 0.29) is 5.91 Å². The Kier molecular flexibility index (Phi) is 4.80. The molecule has 2 N–H and O–H groups in total. The van der Waals surface area contributed by atoms with Crippen molar-refractivity contribution in [2.24, 2.45) is 0 Å². The molecule has 0 unspecified atom stereocenters. The van der Waals surface area contributed by atoms with E-state index in [0.29, 0.717) is 18.2 Å². The van der Waals surface area contributed by atoms with Gasteiger partial charge < -0.3 is 10.6 Å². The number of benzene rings is 1. The molecule has 0 aliphatic heterocycles. The Labute approximate surface area is 142 Å². The van der Waals surface area contributed by atoms with Crippen molar-refractivity contribution >= 4 is 28.1 Å². The highest BCUT2D eigenvalue weighted by Gasteiger charge is 2.08. The predicted octanol–water partition coefficient (Wildman–Crippen LogP) is 2.39. The molecule has 0 saturated heterocycles. The van der Waals surface area contributed by atoms with Gasteiger partial charge in [-0.1, -0.05) is 12.1 Å². The standard InChI is InChI=1S/C15H17N7OS/c1-3-22-14(19-20-21-22)11-5-4-6-12(7-11)16-8-13-9-24-15(18-13)17-10(2)23/h4-7,9,16H,3,8H2,1-2H3,(H,17,18,23). The van der Waals surface area contributed by atoms with Crippen LogP contribution in [0.4, 0.5) is 10.8 Å². The van der Waals surface area contributed by atoms with Gasteiger partial charge >= 0.3 is 0 Å². The van der Waals surface area contributed by atoms with Crippen molar-refractivity contribution in [3.8, 4) is 11.4 Å². The van der Waals surface area contributed by atoms with Crippen LogP contribution in [-0.4, -0.2) is 31.1 Å². The Morgan fingerprint density at radius 3 is 3.04 bits per heavy atom. The van der Waals surface area contributed by atoms with Gasteiger partial charge in [-0.15, -0.1) is 16.4 Å². The molecular formula is C15H17N7OS. The minimum atomic E-state index is -0.120. The van der Waals surface area contributed by atoms with Gasteiger partial charge in [0.2, 0.25) is 5.91 Å². The summed E-state index contributed by atoms with van der Waals surface area (Å²) in [6.45, 7) is 4.74. The number of carbonyl (C=O) groups excluding carboxylic acids is 1. The van der Waals surface area contributed by atoms with Gasteiger partial charge in [-0.2, -0.15) is 0 Å². The zero-order chi connectivity index (χ0) is 16.9. The molecule has 2 aromatic heterocycles. The summed E-state index contributed by atoms with van der Waals surface area (Å²) in [5, 5.41) is 20.3. The van der Waals surface area contributed by atoms with E-state index in [1.807, 2.05) is 36.6 Å². The molecule has 0 aliphatic rings. The third kappa shape index (κ3) is 3.74. The summed E-state index contributed by atoms with van der Waals surface area (Å²) in [6.07, 6.45) is 0. The maximum atomic E-state index is 11.0. The fourth-order valence-electron chi connectivity index (χ4n) is 2.18. The molecule has 3 rings (SSSR count). The van der Waals surface area contributed by atoms with Crippen LogP contribution in [0.15, 0.2) is 29.6 Å². The molecule has 0 fully saturated rings.